The minimum atomic E-state index is -1.93. The molecule has 0 saturated heterocycles. The SMILES string of the molecule is C=CCC12CCCCC1=C([Si](C)(C)c1ccccc1)C[C@@H](CCCCCC)N2C(=O)Oc1ccccc1. The van der Waals surface area contributed by atoms with Gasteiger partial charge in [0.25, 0.3) is 0 Å². The van der Waals surface area contributed by atoms with Crippen molar-refractivity contribution in [1.29, 1.82) is 0 Å². The third-order valence-corrected chi connectivity index (χ3v) is 12.5. The Labute approximate surface area is 225 Å². The average Bonchev–Trinajstić information content (AvgIpc) is 2.91. The van der Waals surface area contributed by atoms with Crippen LogP contribution in [0.5, 0.6) is 5.75 Å². The first kappa shape index (κ1) is 27.4. The first-order valence-electron chi connectivity index (χ1n) is 14.4. The molecule has 1 saturated carbocycles. The number of para-hydroxylation sites is 1. The zero-order chi connectivity index (χ0) is 26.3. The summed E-state index contributed by atoms with van der Waals surface area (Å²) in [6, 6.07) is 20.9. The Kier molecular flexibility index (Phi) is 9.12. The molecule has 1 fully saturated rings. The fourth-order valence-electron chi connectivity index (χ4n) is 6.82. The van der Waals surface area contributed by atoms with Gasteiger partial charge in [-0.3, -0.25) is 4.90 Å². The van der Waals surface area contributed by atoms with Gasteiger partial charge in [0.1, 0.15) is 13.8 Å². The molecule has 0 aromatic heterocycles. The molecule has 2 aromatic rings. The van der Waals surface area contributed by atoms with E-state index in [9.17, 15) is 4.79 Å². The number of amides is 1. The Bertz CT molecular complexity index is 1080. The average molecular weight is 516 g/mol. The lowest BCUT2D eigenvalue weighted by Gasteiger charge is -2.56. The zero-order valence-corrected chi connectivity index (χ0v) is 24.2. The van der Waals surface area contributed by atoms with E-state index >= 15 is 0 Å². The van der Waals surface area contributed by atoms with Crippen LogP contribution >= 0.6 is 0 Å². The van der Waals surface area contributed by atoms with Crippen LogP contribution in [0.2, 0.25) is 13.1 Å². The van der Waals surface area contributed by atoms with Crippen molar-refractivity contribution in [3.63, 3.8) is 0 Å². The second-order valence-electron chi connectivity index (χ2n) is 11.4. The summed E-state index contributed by atoms with van der Waals surface area (Å²) in [5.74, 6) is 0.622. The van der Waals surface area contributed by atoms with E-state index in [2.05, 4.69) is 61.8 Å². The summed E-state index contributed by atoms with van der Waals surface area (Å²) in [5.41, 5.74) is 1.20. The van der Waals surface area contributed by atoms with E-state index in [0.29, 0.717) is 5.75 Å². The van der Waals surface area contributed by atoms with E-state index in [1.807, 2.05) is 36.4 Å². The molecule has 4 rings (SSSR count). The summed E-state index contributed by atoms with van der Waals surface area (Å²) < 4.78 is 6.08. The van der Waals surface area contributed by atoms with Crippen molar-refractivity contribution in [3.05, 3.63) is 84.1 Å². The van der Waals surface area contributed by atoms with Gasteiger partial charge in [0, 0.05) is 6.04 Å². The maximum Gasteiger partial charge on any atom is 0.416 e. The molecule has 3 nitrogen and oxygen atoms in total. The molecule has 1 unspecified atom stereocenters. The lowest BCUT2D eigenvalue weighted by molar-refractivity contribution is 0.0412. The smallest absolute Gasteiger partial charge is 0.410 e. The highest BCUT2D eigenvalue weighted by Crippen LogP contribution is 2.50. The van der Waals surface area contributed by atoms with Crippen molar-refractivity contribution < 1.29 is 9.53 Å². The third-order valence-electron chi connectivity index (χ3n) is 8.73. The molecule has 1 aliphatic carbocycles. The van der Waals surface area contributed by atoms with Crippen molar-refractivity contribution in [1.82, 2.24) is 4.90 Å². The molecule has 4 heteroatoms. The number of unbranched alkanes of at least 4 members (excludes halogenated alkanes) is 3. The van der Waals surface area contributed by atoms with E-state index in [1.54, 1.807) is 5.20 Å². The minimum Gasteiger partial charge on any atom is -0.410 e. The Balaban J connectivity index is 1.82. The monoisotopic (exact) mass is 515 g/mol. The predicted molar refractivity (Wildman–Crippen MR) is 158 cm³/mol. The number of nitrogens with zero attached hydrogens (tertiary/aromatic N) is 1. The summed E-state index contributed by atoms with van der Waals surface area (Å²) in [4.78, 5) is 16.3. The van der Waals surface area contributed by atoms with E-state index in [4.69, 9.17) is 4.74 Å². The Hall–Kier alpha value is -2.59. The van der Waals surface area contributed by atoms with Crippen molar-refractivity contribution >= 4 is 19.4 Å². The summed E-state index contributed by atoms with van der Waals surface area (Å²) >= 11 is 0. The van der Waals surface area contributed by atoms with Crippen LogP contribution in [-0.2, 0) is 0 Å². The number of hydrogen-bond donors (Lipinski definition) is 0. The van der Waals surface area contributed by atoms with Crippen LogP contribution in [0.15, 0.2) is 84.1 Å². The fraction of sp³-hybridized carbons (Fsp3) is 0.485. The van der Waals surface area contributed by atoms with Gasteiger partial charge in [-0.2, -0.15) is 0 Å². The molecule has 1 heterocycles. The normalized spacial score (nSPS) is 21.9. The van der Waals surface area contributed by atoms with Crippen LogP contribution in [0.1, 0.15) is 77.6 Å². The van der Waals surface area contributed by atoms with Crippen molar-refractivity contribution in [2.75, 3.05) is 0 Å². The number of ether oxygens (including phenoxy) is 1. The number of carbonyl (C=O) groups is 1. The molecule has 0 bridgehead atoms. The fourth-order valence-corrected chi connectivity index (χ4v) is 10.1. The lowest BCUT2D eigenvalue weighted by atomic mass is 9.70. The van der Waals surface area contributed by atoms with E-state index in [1.165, 1.54) is 36.4 Å². The molecule has 1 aliphatic heterocycles. The number of fused-ring (bicyclic) bond motifs is 1. The largest absolute Gasteiger partial charge is 0.416 e. The van der Waals surface area contributed by atoms with Gasteiger partial charge >= 0.3 is 6.09 Å². The van der Waals surface area contributed by atoms with Gasteiger partial charge in [-0.15, -0.1) is 6.58 Å². The van der Waals surface area contributed by atoms with Crippen LogP contribution in [-0.4, -0.2) is 30.6 Å². The molecule has 2 atom stereocenters. The standard InChI is InChI=1S/C33H45NO2Si/c1-5-7-8-11-18-27-26-31(37(3,4)29-21-14-10-15-22-29)30-23-16-17-25-33(30,24-6-2)34(27)32(35)36-28-19-12-9-13-20-28/h6,9-10,12-15,19-22,27H,2,5,7-8,11,16-18,23-26H2,1,3-4H3/t27-,33?/m1/s1. The number of benzene rings is 2. The van der Waals surface area contributed by atoms with Crippen LogP contribution in [0.25, 0.3) is 0 Å². The second kappa shape index (κ2) is 12.3. The molecule has 1 amide bonds. The number of hydrogen-bond acceptors (Lipinski definition) is 2. The van der Waals surface area contributed by atoms with E-state index in [0.717, 1.165) is 44.9 Å². The van der Waals surface area contributed by atoms with Crippen LogP contribution in [0, 0.1) is 0 Å². The molecule has 2 aliphatic rings. The highest BCUT2D eigenvalue weighted by atomic mass is 28.3. The Morgan fingerprint density at radius 3 is 2.43 bits per heavy atom. The molecular formula is C33H45NO2Si. The van der Waals surface area contributed by atoms with Crippen molar-refractivity contribution in [2.45, 2.75) is 102 Å². The minimum absolute atomic E-state index is 0.153. The molecular weight excluding hydrogens is 470 g/mol. The van der Waals surface area contributed by atoms with Gasteiger partial charge in [-0.25, -0.2) is 4.79 Å². The second-order valence-corrected chi connectivity index (χ2v) is 15.9. The first-order valence-corrected chi connectivity index (χ1v) is 17.4. The van der Waals surface area contributed by atoms with E-state index in [-0.39, 0.29) is 17.7 Å². The predicted octanol–water partition coefficient (Wildman–Crippen LogP) is 8.57. The van der Waals surface area contributed by atoms with Gasteiger partial charge in [-0.05, 0) is 56.2 Å². The highest BCUT2D eigenvalue weighted by molar-refractivity contribution is 6.95. The van der Waals surface area contributed by atoms with Crippen molar-refractivity contribution in [2.24, 2.45) is 0 Å². The Morgan fingerprint density at radius 1 is 1.05 bits per heavy atom. The van der Waals surface area contributed by atoms with Gasteiger partial charge in [0.15, 0.2) is 0 Å². The first-order chi connectivity index (χ1) is 17.9. The maximum absolute atomic E-state index is 14.1. The van der Waals surface area contributed by atoms with E-state index < -0.39 is 8.07 Å². The van der Waals surface area contributed by atoms with Gasteiger partial charge in [0.2, 0.25) is 0 Å². The molecule has 198 valence electrons. The lowest BCUT2D eigenvalue weighted by Crippen LogP contribution is -2.64. The molecule has 0 spiro atoms. The summed E-state index contributed by atoms with van der Waals surface area (Å²) in [5, 5.41) is 3.16. The summed E-state index contributed by atoms with van der Waals surface area (Å²) in [7, 11) is -1.93. The maximum atomic E-state index is 14.1. The van der Waals surface area contributed by atoms with Gasteiger partial charge in [0.05, 0.1) is 5.54 Å². The van der Waals surface area contributed by atoms with Gasteiger partial charge in [-0.1, -0.05) is 117 Å². The third kappa shape index (κ3) is 5.80. The summed E-state index contributed by atoms with van der Waals surface area (Å²) in [6.07, 6.45) is 13.9. The molecule has 0 N–H and O–H groups in total. The number of rotatable bonds is 10. The highest BCUT2D eigenvalue weighted by Gasteiger charge is 2.53. The van der Waals surface area contributed by atoms with Gasteiger partial charge < -0.3 is 4.74 Å². The quantitative estimate of drug-likeness (QED) is 0.180. The molecule has 0 radical (unpaired) electrons. The van der Waals surface area contributed by atoms with Crippen molar-refractivity contribution in [3.8, 4) is 5.75 Å². The van der Waals surface area contributed by atoms with Crippen LogP contribution in [0.3, 0.4) is 0 Å². The zero-order valence-electron chi connectivity index (χ0n) is 23.2. The topological polar surface area (TPSA) is 29.5 Å². The van der Waals surface area contributed by atoms with Crippen LogP contribution in [0.4, 0.5) is 4.79 Å². The Morgan fingerprint density at radius 2 is 1.76 bits per heavy atom. The summed E-state index contributed by atoms with van der Waals surface area (Å²) in [6.45, 7) is 11.5. The number of carbonyl (C=O) groups excluding carboxylic acids is 1. The van der Waals surface area contributed by atoms with Crippen LogP contribution < -0.4 is 9.92 Å². The molecule has 37 heavy (non-hydrogen) atoms. The molecule has 2 aromatic carbocycles.